The van der Waals surface area contributed by atoms with E-state index in [1.165, 1.54) is 22.6 Å². The summed E-state index contributed by atoms with van der Waals surface area (Å²) in [6, 6.07) is 0. The number of nitrogens with zero attached hydrogens (tertiary/aromatic N) is 1. The number of carboxylic acids is 1. The molecule has 2 bridgehead atoms. The fraction of sp³-hybridized carbons (Fsp3) is 0.700. The van der Waals surface area contributed by atoms with Crippen LogP contribution in [0.1, 0.15) is 43.4 Å². The second-order valence-electron chi connectivity index (χ2n) is 9.27. The number of rotatable bonds is 2. The molecule has 154 valence electrons. The van der Waals surface area contributed by atoms with Crippen molar-refractivity contribution >= 4 is 40.9 Å². The molecule has 0 unspecified atom stereocenters. The van der Waals surface area contributed by atoms with Crippen LogP contribution >= 0.6 is 23.1 Å². The molecule has 6 atom stereocenters. The van der Waals surface area contributed by atoms with Crippen molar-refractivity contribution in [1.29, 1.82) is 0 Å². The molecular weight excluding hydrogens is 412 g/mol. The number of aromatic nitrogens is 1. The van der Waals surface area contributed by atoms with Gasteiger partial charge >= 0.3 is 10.8 Å². The van der Waals surface area contributed by atoms with Gasteiger partial charge in [-0.3, -0.25) is 24.1 Å². The lowest BCUT2D eigenvalue weighted by atomic mass is 9.57. The average Bonchev–Trinajstić information content (AvgIpc) is 3.41. The van der Waals surface area contributed by atoms with Crippen molar-refractivity contribution in [2.24, 2.45) is 29.6 Å². The minimum atomic E-state index is -1.14. The van der Waals surface area contributed by atoms with Crippen molar-refractivity contribution < 1.29 is 19.5 Å². The van der Waals surface area contributed by atoms with Crippen molar-refractivity contribution in [1.82, 2.24) is 9.88 Å². The third-order valence-corrected chi connectivity index (χ3v) is 10.9. The molecule has 2 N–H and O–H groups in total. The highest BCUT2D eigenvalue weighted by molar-refractivity contribution is 8.00. The van der Waals surface area contributed by atoms with Crippen molar-refractivity contribution in [3.63, 3.8) is 0 Å². The van der Waals surface area contributed by atoms with Crippen molar-refractivity contribution in [3.8, 4) is 0 Å². The molecule has 2 amide bonds. The molecule has 29 heavy (non-hydrogen) atoms. The molecule has 3 aliphatic carbocycles. The highest BCUT2D eigenvalue weighted by atomic mass is 32.2. The topological polar surface area (TPSA) is 108 Å². The number of hydrogen-bond acceptors (Lipinski definition) is 6. The summed E-state index contributed by atoms with van der Waals surface area (Å²) in [5.74, 6) is -1.98. The largest absolute Gasteiger partial charge is 0.480 e. The van der Waals surface area contributed by atoms with Crippen LogP contribution in [0, 0.1) is 29.6 Å². The Morgan fingerprint density at radius 3 is 2.48 bits per heavy atom. The van der Waals surface area contributed by atoms with Crippen LogP contribution in [0.3, 0.4) is 0 Å². The van der Waals surface area contributed by atoms with E-state index in [1.807, 2.05) is 0 Å². The van der Waals surface area contributed by atoms with Crippen molar-refractivity contribution in [3.05, 3.63) is 14.5 Å². The summed E-state index contributed by atoms with van der Waals surface area (Å²) in [6.45, 7) is -0.529. The second-order valence-corrected chi connectivity index (χ2v) is 11.4. The van der Waals surface area contributed by atoms with Crippen molar-refractivity contribution in [2.45, 2.75) is 54.2 Å². The molecule has 1 saturated heterocycles. The predicted molar refractivity (Wildman–Crippen MR) is 106 cm³/mol. The summed E-state index contributed by atoms with van der Waals surface area (Å²) in [7, 11) is 0. The van der Waals surface area contributed by atoms with Crippen LogP contribution < -0.4 is 4.87 Å². The van der Waals surface area contributed by atoms with Crippen LogP contribution in [-0.4, -0.2) is 44.6 Å². The van der Waals surface area contributed by atoms with E-state index in [0.29, 0.717) is 5.92 Å². The Kier molecular flexibility index (Phi) is 3.74. The van der Waals surface area contributed by atoms with Crippen LogP contribution in [0.15, 0.2) is 9.82 Å². The van der Waals surface area contributed by atoms with Gasteiger partial charge in [0.05, 0.1) is 16.9 Å². The number of aliphatic carboxylic acids is 1. The molecule has 3 heterocycles. The SMILES string of the molecule is O=C(O)CN1C(=O)[C@@H]2[C@@H]3C[C@H]([C@H]4Sc5[nH]c(=O)sc5C5(CCCCC5)[C@H]34)[C@@H]2C1=O. The van der Waals surface area contributed by atoms with Crippen LogP contribution in [0.5, 0.6) is 0 Å². The number of likely N-dealkylation sites (tertiary alicyclic amines) is 1. The van der Waals surface area contributed by atoms with E-state index in [2.05, 4.69) is 4.98 Å². The van der Waals surface area contributed by atoms with Gasteiger partial charge in [-0.1, -0.05) is 30.6 Å². The van der Waals surface area contributed by atoms with E-state index in [0.717, 1.165) is 42.0 Å². The van der Waals surface area contributed by atoms with Gasteiger partial charge in [-0.2, -0.15) is 0 Å². The minimum Gasteiger partial charge on any atom is -0.480 e. The zero-order valence-electron chi connectivity index (χ0n) is 15.8. The Morgan fingerprint density at radius 2 is 1.79 bits per heavy atom. The van der Waals surface area contributed by atoms with Crippen LogP contribution in [0.25, 0.3) is 0 Å². The Hall–Kier alpha value is -1.61. The average molecular weight is 435 g/mol. The third kappa shape index (κ3) is 2.20. The van der Waals surface area contributed by atoms with Gasteiger partial charge in [-0.25, -0.2) is 0 Å². The van der Waals surface area contributed by atoms with Gasteiger partial charge in [0, 0.05) is 15.5 Å². The first-order valence-electron chi connectivity index (χ1n) is 10.4. The first kappa shape index (κ1) is 18.2. The van der Waals surface area contributed by atoms with Gasteiger partial charge in [-0.15, -0.1) is 11.8 Å². The molecule has 6 rings (SSSR count). The number of amides is 2. The zero-order valence-corrected chi connectivity index (χ0v) is 17.4. The number of H-pyrrole nitrogens is 1. The fourth-order valence-electron chi connectivity index (χ4n) is 7.43. The van der Waals surface area contributed by atoms with E-state index < -0.39 is 12.5 Å². The number of carbonyl (C=O) groups is 3. The van der Waals surface area contributed by atoms with Crippen molar-refractivity contribution in [2.75, 3.05) is 6.54 Å². The van der Waals surface area contributed by atoms with Gasteiger partial charge < -0.3 is 10.1 Å². The minimum absolute atomic E-state index is 0.0141. The molecule has 3 saturated carbocycles. The smallest absolute Gasteiger partial charge is 0.323 e. The summed E-state index contributed by atoms with van der Waals surface area (Å²) in [6.07, 6.45) is 6.40. The summed E-state index contributed by atoms with van der Waals surface area (Å²) >= 11 is 3.04. The Labute approximate surface area is 175 Å². The molecular formula is C20H22N2O5S2. The number of carboxylic acid groups (broad SMARTS) is 1. The van der Waals surface area contributed by atoms with E-state index in [-0.39, 0.29) is 51.0 Å². The van der Waals surface area contributed by atoms with Crippen LogP contribution in [-0.2, 0) is 19.8 Å². The lowest BCUT2D eigenvalue weighted by Gasteiger charge is -2.52. The maximum absolute atomic E-state index is 13.1. The summed E-state index contributed by atoms with van der Waals surface area (Å²) in [5, 5.41) is 10.4. The fourth-order valence-corrected chi connectivity index (χ4v) is 10.6. The second kappa shape index (κ2) is 5.97. The van der Waals surface area contributed by atoms with Crippen LogP contribution in [0.4, 0.5) is 0 Å². The first-order chi connectivity index (χ1) is 13.9. The van der Waals surface area contributed by atoms with Gasteiger partial charge in [0.1, 0.15) is 6.54 Å². The molecule has 1 aromatic heterocycles. The molecule has 1 aromatic rings. The van der Waals surface area contributed by atoms with E-state index in [4.69, 9.17) is 5.11 Å². The zero-order chi connectivity index (χ0) is 20.1. The van der Waals surface area contributed by atoms with Gasteiger partial charge in [0.25, 0.3) is 0 Å². The highest BCUT2D eigenvalue weighted by Gasteiger charge is 2.72. The Morgan fingerprint density at radius 1 is 1.10 bits per heavy atom. The van der Waals surface area contributed by atoms with Gasteiger partial charge in [0.2, 0.25) is 11.8 Å². The third-order valence-electron chi connectivity index (χ3n) is 8.19. The predicted octanol–water partition coefficient (Wildman–Crippen LogP) is 2.06. The number of hydrogen-bond donors (Lipinski definition) is 2. The summed E-state index contributed by atoms with van der Waals surface area (Å²) < 4.78 is 0. The van der Waals surface area contributed by atoms with Crippen LogP contribution in [0.2, 0.25) is 0 Å². The summed E-state index contributed by atoms with van der Waals surface area (Å²) in [4.78, 5) is 54.7. The Bertz CT molecular complexity index is 993. The van der Waals surface area contributed by atoms with Gasteiger partial charge in [-0.05, 0) is 37.0 Å². The lowest BCUT2D eigenvalue weighted by Crippen LogP contribution is -2.51. The maximum atomic E-state index is 13.1. The standard InChI is InChI=1S/C20H22N2O5S2/c23-10(24)7-22-17(25)11-8-6-9(12(11)18(22)26)14-13(8)20(4-2-1-3-5-20)15-16(28-14)21-19(27)29-15/h8-9,11-14H,1-7H2,(H,21,27)(H,23,24)/t8-,9-,11+,12-,13+,14+/m0/s1. The quantitative estimate of drug-likeness (QED) is 0.690. The Balaban J connectivity index is 1.45. The number of thioether (sulfide) groups is 1. The van der Waals surface area contributed by atoms with E-state index >= 15 is 0 Å². The monoisotopic (exact) mass is 434 g/mol. The highest BCUT2D eigenvalue weighted by Crippen LogP contribution is 2.71. The molecule has 4 fully saturated rings. The molecule has 0 aromatic carbocycles. The van der Waals surface area contributed by atoms with E-state index in [1.54, 1.807) is 11.8 Å². The molecule has 2 aliphatic heterocycles. The molecule has 7 nitrogen and oxygen atoms in total. The first-order valence-corrected chi connectivity index (χ1v) is 12.1. The van der Waals surface area contributed by atoms with E-state index in [9.17, 15) is 19.2 Å². The lowest BCUT2D eigenvalue weighted by molar-refractivity contribution is -0.150. The molecule has 0 radical (unpaired) electrons. The molecule has 5 aliphatic rings. The number of nitrogens with one attached hydrogen (secondary N) is 1. The number of thiazole rings is 1. The van der Waals surface area contributed by atoms with Gasteiger partial charge in [0.15, 0.2) is 0 Å². The summed E-state index contributed by atoms with van der Waals surface area (Å²) in [5.41, 5.74) is -0.0682. The molecule has 1 spiro atoms. The normalized spacial score (nSPS) is 39.0. The number of carbonyl (C=O) groups excluding carboxylic acids is 2. The number of aromatic amines is 1. The molecule has 9 heteroatoms. The number of imide groups is 1. The number of fused-ring (bicyclic) bond motifs is 11. The maximum Gasteiger partial charge on any atom is 0.323 e.